The fourth-order valence-corrected chi connectivity index (χ4v) is 5.10. The molecule has 1 amide bonds. The summed E-state index contributed by atoms with van der Waals surface area (Å²) in [6, 6.07) is 13.2. The van der Waals surface area contributed by atoms with E-state index in [4.69, 9.17) is 4.74 Å². The molecular formula is C29H25N5O3. The number of hydrogen-bond acceptors (Lipinski definition) is 5. The van der Waals surface area contributed by atoms with Crippen molar-refractivity contribution in [3.05, 3.63) is 96.0 Å². The molecule has 0 aliphatic carbocycles. The molecule has 0 fully saturated rings. The SMILES string of the molecule is C=CCc1c(OCC(=O)NCCCn2ccnc2)ccc2c1c1ccnc3c4ccccc4c(=O)n2c13. The third-order valence-electron chi connectivity index (χ3n) is 6.70. The fourth-order valence-electron chi connectivity index (χ4n) is 5.10. The van der Waals surface area contributed by atoms with Gasteiger partial charge in [-0.05, 0) is 37.1 Å². The Morgan fingerprint density at radius 1 is 1.08 bits per heavy atom. The Hall–Kier alpha value is -4.72. The van der Waals surface area contributed by atoms with Gasteiger partial charge in [-0.3, -0.25) is 19.0 Å². The molecule has 4 heterocycles. The number of amides is 1. The molecule has 0 saturated heterocycles. The van der Waals surface area contributed by atoms with Gasteiger partial charge in [-0.25, -0.2) is 4.98 Å². The lowest BCUT2D eigenvalue weighted by molar-refractivity contribution is -0.123. The van der Waals surface area contributed by atoms with E-state index in [0.717, 1.165) is 51.2 Å². The number of hydrogen-bond donors (Lipinski definition) is 1. The number of carbonyl (C=O) groups is 1. The van der Waals surface area contributed by atoms with E-state index in [-0.39, 0.29) is 18.1 Å². The van der Waals surface area contributed by atoms with Crippen molar-refractivity contribution < 1.29 is 9.53 Å². The monoisotopic (exact) mass is 491 g/mol. The molecule has 0 aliphatic heterocycles. The lowest BCUT2D eigenvalue weighted by atomic mass is 10.0. The molecule has 2 aromatic carbocycles. The third kappa shape index (κ3) is 3.87. The number of ether oxygens (including phenoxy) is 1. The van der Waals surface area contributed by atoms with E-state index < -0.39 is 0 Å². The molecule has 6 rings (SSSR count). The molecule has 0 atom stereocenters. The fraction of sp³-hybridized carbons (Fsp3) is 0.172. The molecule has 1 N–H and O–H groups in total. The van der Waals surface area contributed by atoms with Crippen LogP contribution >= 0.6 is 0 Å². The first-order chi connectivity index (χ1) is 18.2. The quantitative estimate of drug-likeness (QED) is 0.187. The summed E-state index contributed by atoms with van der Waals surface area (Å²) in [5.41, 5.74) is 3.17. The number of imidazole rings is 1. The number of nitrogens with one attached hydrogen (secondary N) is 1. The average Bonchev–Trinajstić information content (AvgIpc) is 3.56. The Kier molecular flexibility index (Phi) is 5.76. The molecule has 0 spiro atoms. The van der Waals surface area contributed by atoms with Crippen molar-refractivity contribution >= 4 is 44.0 Å². The highest BCUT2D eigenvalue weighted by molar-refractivity contribution is 6.19. The van der Waals surface area contributed by atoms with E-state index in [0.29, 0.717) is 24.1 Å². The Labute approximate surface area is 212 Å². The van der Waals surface area contributed by atoms with E-state index in [2.05, 4.69) is 21.9 Å². The van der Waals surface area contributed by atoms with Crippen molar-refractivity contribution in [3.63, 3.8) is 0 Å². The second-order valence-corrected chi connectivity index (χ2v) is 8.96. The van der Waals surface area contributed by atoms with Crippen LogP contribution < -0.4 is 15.6 Å². The van der Waals surface area contributed by atoms with E-state index in [9.17, 15) is 9.59 Å². The van der Waals surface area contributed by atoms with Gasteiger partial charge in [0.15, 0.2) is 6.61 Å². The predicted molar refractivity (Wildman–Crippen MR) is 144 cm³/mol. The van der Waals surface area contributed by atoms with E-state index in [1.807, 2.05) is 53.2 Å². The van der Waals surface area contributed by atoms with Crippen LogP contribution in [-0.4, -0.2) is 38.0 Å². The molecule has 0 saturated carbocycles. The molecular weight excluding hydrogens is 466 g/mol. The van der Waals surface area contributed by atoms with Crippen molar-refractivity contribution in [1.82, 2.24) is 24.3 Å². The summed E-state index contributed by atoms with van der Waals surface area (Å²) in [7, 11) is 0. The van der Waals surface area contributed by atoms with Crippen LogP contribution in [0.5, 0.6) is 5.75 Å². The highest BCUT2D eigenvalue weighted by atomic mass is 16.5. The van der Waals surface area contributed by atoms with Crippen LogP contribution in [0.15, 0.2) is 84.8 Å². The summed E-state index contributed by atoms with van der Waals surface area (Å²) in [5.74, 6) is 0.412. The maximum absolute atomic E-state index is 13.6. The smallest absolute Gasteiger partial charge is 0.263 e. The minimum atomic E-state index is -0.187. The largest absolute Gasteiger partial charge is 0.483 e. The van der Waals surface area contributed by atoms with Crippen LogP contribution in [0, 0.1) is 0 Å². The van der Waals surface area contributed by atoms with Crippen LogP contribution in [0.1, 0.15) is 12.0 Å². The van der Waals surface area contributed by atoms with Gasteiger partial charge in [0.05, 0.1) is 22.9 Å². The van der Waals surface area contributed by atoms with Crippen LogP contribution in [0.2, 0.25) is 0 Å². The summed E-state index contributed by atoms with van der Waals surface area (Å²) in [5, 5.41) is 6.20. The topological polar surface area (TPSA) is 90.5 Å². The molecule has 0 aliphatic rings. The molecule has 184 valence electrons. The van der Waals surface area contributed by atoms with Crippen LogP contribution in [0.3, 0.4) is 0 Å². The first-order valence-corrected chi connectivity index (χ1v) is 12.2. The number of carbonyl (C=O) groups excluding carboxylic acids is 1. The maximum atomic E-state index is 13.6. The summed E-state index contributed by atoms with van der Waals surface area (Å²) < 4.78 is 9.72. The number of nitrogens with zero attached hydrogens (tertiary/aromatic N) is 4. The molecule has 0 radical (unpaired) electrons. The maximum Gasteiger partial charge on any atom is 0.263 e. The molecule has 4 aromatic heterocycles. The van der Waals surface area contributed by atoms with Crippen molar-refractivity contribution in [2.24, 2.45) is 0 Å². The highest BCUT2D eigenvalue weighted by Gasteiger charge is 2.21. The molecule has 37 heavy (non-hydrogen) atoms. The minimum Gasteiger partial charge on any atom is -0.483 e. The van der Waals surface area contributed by atoms with E-state index in [1.54, 1.807) is 29.2 Å². The van der Waals surface area contributed by atoms with Crippen molar-refractivity contribution in [1.29, 1.82) is 0 Å². The van der Waals surface area contributed by atoms with Gasteiger partial charge >= 0.3 is 0 Å². The second kappa shape index (κ2) is 9.39. The number of aromatic nitrogens is 4. The average molecular weight is 492 g/mol. The summed E-state index contributed by atoms with van der Waals surface area (Å²) in [4.78, 5) is 34.7. The first-order valence-electron chi connectivity index (χ1n) is 12.2. The van der Waals surface area contributed by atoms with Gasteiger partial charge < -0.3 is 14.6 Å². The van der Waals surface area contributed by atoms with Gasteiger partial charge in [-0.15, -0.1) is 6.58 Å². The Morgan fingerprint density at radius 2 is 1.95 bits per heavy atom. The highest BCUT2D eigenvalue weighted by Crippen LogP contribution is 2.38. The lowest BCUT2D eigenvalue weighted by Crippen LogP contribution is -2.30. The first kappa shape index (κ1) is 22.7. The van der Waals surface area contributed by atoms with Crippen molar-refractivity contribution in [3.8, 4) is 5.75 Å². The number of aryl methyl sites for hydroxylation is 1. The molecule has 0 unspecified atom stereocenters. The van der Waals surface area contributed by atoms with Gasteiger partial charge in [0.2, 0.25) is 0 Å². The van der Waals surface area contributed by atoms with Crippen LogP contribution in [0.4, 0.5) is 0 Å². The Morgan fingerprint density at radius 3 is 2.76 bits per heavy atom. The summed E-state index contributed by atoms with van der Waals surface area (Å²) in [6.45, 7) is 5.16. The van der Waals surface area contributed by atoms with Crippen LogP contribution in [-0.2, 0) is 17.8 Å². The minimum absolute atomic E-state index is 0.0793. The molecule has 8 nitrogen and oxygen atoms in total. The number of fused-ring (bicyclic) bond motifs is 5. The second-order valence-electron chi connectivity index (χ2n) is 8.96. The lowest BCUT2D eigenvalue weighted by Gasteiger charge is -2.12. The van der Waals surface area contributed by atoms with Gasteiger partial charge in [0.25, 0.3) is 11.5 Å². The van der Waals surface area contributed by atoms with E-state index >= 15 is 0 Å². The van der Waals surface area contributed by atoms with Gasteiger partial charge in [0.1, 0.15) is 5.75 Å². The number of pyridine rings is 2. The number of allylic oxidation sites excluding steroid dienone is 1. The Bertz CT molecular complexity index is 1820. The molecule has 0 bridgehead atoms. The zero-order valence-corrected chi connectivity index (χ0v) is 20.2. The van der Waals surface area contributed by atoms with Gasteiger partial charge in [0, 0.05) is 58.8 Å². The summed E-state index contributed by atoms with van der Waals surface area (Å²) in [6.07, 6.45) is 10.3. The normalized spacial score (nSPS) is 11.6. The van der Waals surface area contributed by atoms with Gasteiger partial charge in [-0.1, -0.05) is 24.3 Å². The molecule has 6 aromatic rings. The standard InChI is InChI=1S/C29H25N5O3/c1-2-6-21-24(37-17-25(35)31-12-5-15-33-16-14-30-18-33)10-9-23-26(21)22-11-13-32-27-19-7-3-4-8-20(19)29(36)34(23)28(22)27/h2-4,7-11,13-14,16,18H,1,5-6,12,15,17H2,(H,31,35). The molecule has 8 heteroatoms. The number of benzene rings is 2. The van der Waals surface area contributed by atoms with Crippen molar-refractivity contribution in [2.75, 3.05) is 13.2 Å². The number of rotatable bonds is 9. The van der Waals surface area contributed by atoms with E-state index in [1.165, 1.54) is 0 Å². The summed E-state index contributed by atoms with van der Waals surface area (Å²) >= 11 is 0. The zero-order chi connectivity index (χ0) is 25.4. The zero-order valence-electron chi connectivity index (χ0n) is 20.2. The van der Waals surface area contributed by atoms with Crippen LogP contribution in [0.25, 0.3) is 38.1 Å². The third-order valence-corrected chi connectivity index (χ3v) is 6.70. The van der Waals surface area contributed by atoms with Gasteiger partial charge in [-0.2, -0.15) is 0 Å². The Balaban J connectivity index is 1.35. The van der Waals surface area contributed by atoms with Crippen molar-refractivity contribution in [2.45, 2.75) is 19.4 Å². The predicted octanol–water partition coefficient (Wildman–Crippen LogP) is 4.10.